The number of nitrogens with two attached hydrogens (primary N) is 1. The van der Waals surface area contributed by atoms with Gasteiger partial charge in [-0.25, -0.2) is 14.2 Å². The van der Waals surface area contributed by atoms with Crippen LogP contribution in [0.2, 0.25) is 0 Å². The molecule has 0 spiro atoms. The van der Waals surface area contributed by atoms with Crippen LogP contribution in [0.25, 0.3) is 0 Å². The summed E-state index contributed by atoms with van der Waals surface area (Å²) in [5, 5.41) is 0.987. The van der Waals surface area contributed by atoms with E-state index in [9.17, 15) is 14.0 Å². The van der Waals surface area contributed by atoms with E-state index in [0.29, 0.717) is 11.3 Å². The minimum absolute atomic E-state index is 0.142. The van der Waals surface area contributed by atoms with Crippen molar-refractivity contribution in [3.63, 3.8) is 0 Å². The average molecular weight is 353 g/mol. The van der Waals surface area contributed by atoms with Crippen LogP contribution in [0.5, 0.6) is 0 Å². The summed E-state index contributed by atoms with van der Waals surface area (Å²) in [6.45, 7) is 1.88. The summed E-state index contributed by atoms with van der Waals surface area (Å²) < 4.78 is 14.4. The van der Waals surface area contributed by atoms with Crippen molar-refractivity contribution in [2.75, 3.05) is 11.7 Å². The lowest BCUT2D eigenvalue weighted by Gasteiger charge is -2.26. The van der Waals surface area contributed by atoms with Crippen LogP contribution in [0.3, 0.4) is 0 Å². The number of anilines is 1. The van der Waals surface area contributed by atoms with Crippen LogP contribution in [0, 0.1) is 5.82 Å². The van der Waals surface area contributed by atoms with Gasteiger partial charge in [0.2, 0.25) is 5.66 Å². The topological polar surface area (TPSA) is 85.0 Å². The maximum Gasteiger partial charge on any atom is 0.298 e. The number of carbonyl (C=O) groups excluding carboxylic acids is 2. The van der Waals surface area contributed by atoms with E-state index in [1.165, 1.54) is 18.1 Å². The molecule has 0 bridgehead atoms. The zero-order valence-corrected chi connectivity index (χ0v) is 14.0. The van der Waals surface area contributed by atoms with E-state index in [1.54, 1.807) is 43.3 Å². The van der Waals surface area contributed by atoms with E-state index >= 15 is 0 Å². The smallest absolute Gasteiger partial charge is 0.295 e. The number of benzodiazepines with no additional fused rings is 1. The molecule has 0 aliphatic carbocycles. The number of rotatable bonds is 4. The van der Waals surface area contributed by atoms with Crippen molar-refractivity contribution in [2.45, 2.75) is 12.6 Å². The molecule has 2 aromatic rings. The Morgan fingerprint density at radius 1 is 1.23 bits per heavy atom. The van der Waals surface area contributed by atoms with E-state index in [2.05, 4.69) is 4.99 Å². The normalized spacial score (nSPS) is 19.3. The van der Waals surface area contributed by atoms with Crippen LogP contribution in [0.4, 0.5) is 10.1 Å². The molecule has 26 heavy (non-hydrogen) atoms. The van der Waals surface area contributed by atoms with Crippen molar-refractivity contribution in [1.82, 2.24) is 0 Å². The fraction of sp³-hybridized carbons (Fsp3) is 0.158. The summed E-state index contributed by atoms with van der Waals surface area (Å²) in [5.74, 6) is 0.200. The van der Waals surface area contributed by atoms with Crippen LogP contribution >= 0.6 is 0 Å². The molecule has 1 unspecified atom stereocenters. The molecule has 1 aliphatic rings. The van der Waals surface area contributed by atoms with Gasteiger partial charge in [-0.1, -0.05) is 30.3 Å². The first kappa shape index (κ1) is 17.7. The van der Waals surface area contributed by atoms with Gasteiger partial charge in [-0.3, -0.25) is 15.4 Å². The molecule has 1 atom stereocenters. The Morgan fingerprint density at radius 3 is 2.54 bits per heavy atom. The van der Waals surface area contributed by atoms with Crippen LogP contribution in [-0.4, -0.2) is 29.8 Å². The number of fused-ring (bicyclic) bond motifs is 1. The van der Waals surface area contributed by atoms with E-state index in [1.807, 2.05) is 0 Å². The standard InChI is InChI=1S/C19H16FN3O3/c1-2-26-23-16-10-6-4-8-14(16)17(13-7-3-5-9-15(13)20)22-19(21,11-12-24)18(23)25/h3-11H,2,21H2,1H3. The number of amides is 1. The minimum atomic E-state index is -2.08. The third kappa shape index (κ3) is 2.95. The number of hydrogen-bond acceptors (Lipinski definition) is 5. The Kier molecular flexibility index (Phi) is 4.77. The first-order valence-electron chi connectivity index (χ1n) is 7.94. The molecule has 0 radical (unpaired) electrons. The summed E-state index contributed by atoms with van der Waals surface area (Å²) >= 11 is 0. The predicted molar refractivity (Wildman–Crippen MR) is 94.8 cm³/mol. The zero-order chi connectivity index (χ0) is 18.7. The molecule has 3 rings (SSSR count). The molecule has 0 saturated carbocycles. The van der Waals surface area contributed by atoms with Gasteiger partial charge in [-0.15, -0.1) is 0 Å². The third-order valence-corrected chi connectivity index (χ3v) is 3.87. The molecular formula is C19H16FN3O3. The van der Waals surface area contributed by atoms with Crippen LogP contribution in [0.15, 0.2) is 59.6 Å². The Morgan fingerprint density at radius 2 is 1.88 bits per heavy atom. The molecule has 2 N–H and O–H groups in total. The van der Waals surface area contributed by atoms with E-state index < -0.39 is 17.4 Å². The Balaban J connectivity index is 2.36. The first-order chi connectivity index (χ1) is 12.5. The van der Waals surface area contributed by atoms with Gasteiger partial charge in [0.25, 0.3) is 5.91 Å². The fourth-order valence-electron chi connectivity index (χ4n) is 2.72. The van der Waals surface area contributed by atoms with Gasteiger partial charge >= 0.3 is 0 Å². The van der Waals surface area contributed by atoms with Gasteiger partial charge in [0.15, 0.2) is 0 Å². The van der Waals surface area contributed by atoms with Gasteiger partial charge in [0.1, 0.15) is 11.8 Å². The molecule has 0 fully saturated rings. The van der Waals surface area contributed by atoms with Gasteiger partial charge in [-0.05, 0) is 25.1 Å². The number of halogens is 1. The molecule has 1 heterocycles. The number of hydroxylamine groups is 1. The predicted octanol–water partition coefficient (Wildman–Crippen LogP) is 2.00. The molecule has 2 aromatic carbocycles. The Hall–Kier alpha value is -3.12. The van der Waals surface area contributed by atoms with Crippen molar-refractivity contribution >= 4 is 23.2 Å². The quantitative estimate of drug-likeness (QED) is 0.852. The summed E-state index contributed by atoms with van der Waals surface area (Å²) in [4.78, 5) is 33.6. The highest BCUT2D eigenvalue weighted by Gasteiger charge is 2.42. The molecule has 6 nitrogen and oxygen atoms in total. The molecular weight excluding hydrogens is 337 g/mol. The molecule has 7 heteroatoms. The second-order valence-corrected chi connectivity index (χ2v) is 5.56. The van der Waals surface area contributed by atoms with Crippen LogP contribution in [-0.2, 0) is 14.4 Å². The fourth-order valence-corrected chi connectivity index (χ4v) is 2.72. The molecule has 132 valence electrons. The number of nitrogens with zero attached hydrogens (tertiary/aromatic N) is 2. The highest BCUT2D eigenvalue weighted by molar-refractivity contribution is 6.21. The second kappa shape index (κ2) is 7.01. The SMILES string of the molecule is CCON1C(=O)C(N)(C=C=O)N=C(c2ccccc2F)c2ccccc21. The maximum atomic E-state index is 14.4. The Bertz CT molecular complexity index is 937. The molecule has 0 aromatic heterocycles. The van der Waals surface area contributed by atoms with Crippen LogP contribution in [0.1, 0.15) is 18.1 Å². The monoisotopic (exact) mass is 353 g/mol. The van der Waals surface area contributed by atoms with Crippen molar-refractivity contribution in [1.29, 1.82) is 0 Å². The van der Waals surface area contributed by atoms with Gasteiger partial charge in [0, 0.05) is 11.1 Å². The second-order valence-electron chi connectivity index (χ2n) is 5.56. The number of para-hydroxylation sites is 1. The van der Waals surface area contributed by atoms with Gasteiger partial charge in [0.05, 0.1) is 24.1 Å². The van der Waals surface area contributed by atoms with Crippen molar-refractivity contribution in [2.24, 2.45) is 10.7 Å². The summed E-state index contributed by atoms with van der Waals surface area (Å²) in [6.07, 6.45) is 0.800. The minimum Gasteiger partial charge on any atom is -0.295 e. The maximum absolute atomic E-state index is 14.4. The zero-order valence-electron chi connectivity index (χ0n) is 14.0. The molecule has 1 aliphatic heterocycles. The van der Waals surface area contributed by atoms with E-state index in [0.717, 1.165) is 11.1 Å². The van der Waals surface area contributed by atoms with Crippen molar-refractivity contribution in [3.8, 4) is 0 Å². The molecule has 0 saturated heterocycles. The average Bonchev–Trinajstić information content (AvgIpc) is 2.72. The highest BCUT2D eigenvalue weighted by Crippen LogP contribution is 2.31. The van der Waals surface area contributed by atoms with Crippen LogP contribution < -0.4 is 10.8 Å². The summed E-state index contributed by atoms with van der Waals surface area (Å²) in [5.41, 5.74) is 5.12. The van der Waals surface area contributed by atoms with Gasteiger partial charge < -0.3 is 0 Å². The largest absolute Gasteiger partial charge is 0.298 e. The lowest BCUT2D eigenvalue weighted by Crippen LogP contribution is -2.52. The summed E-state index contributed by atoms with van der Waals surface area (Å²) in [6, 6.07) is 12.7. The number of benzene rings is 2. The number of hydrogen-bond donors (Lipinski definition) is 1. The lowest BCUT2D eigenvalue weighted by atomic mass is 10.00. The third-order valence-electron chi connectivity index (χ3n) is 3.87. The summed E-state index contributed by atoms with van der Waals surface area (Å²) in [7, 11) is 0. The number of aliphatic imine (C=N–C) groups is 1. The van der Waals surface area contributed by atoms with Gasteiger partial charge in [-0.2, -0.15) is 5.06 Å². The van der Waals surface area contributed by atoms with Crippen molar-refractivity contribution < 1.29 is 18.8 Å². The number of carbonyl (C=O) groups is 1. The lowest BCUT2D eigenvalue weighted by molar-refractivity contribution is -0.129. The highest BCUT2D eigenvalue weighted by atomic mass is 19.1. The Labute approximate surface area is 149 Å². The van der Waals surface area contributed by atoms with Crippen molar-refractivity contribution in [3.05, 3.63) is 71.6 Å². The van der Waals surface area contributed by atoms with E-state index in [-0.39, 0.29) is 17.9 Å². The van der Waals surface area contributed by atoms with E-state index in [4.69, 9.17) is 10.6 Å². The molecule has 1 amide bonds. The first-order valence-corrected chi connectivity index (χ1v) is 7.94.